The van der Waals surface area contributed by atoms with Gasteiger partial charge in [0.05, 0.1) is 6.04 Å². The molecule has 0 N–H and O–H groups in total. The van der Waals surface area contributed by atoms with Crippen LogP contribution in [0.2, 0.25) is 0 Å². The maximum atomic E-state index is 10.9. The lowest BCUT2D eigenvalue weighted by Gasteiger charge is -2.37. The number of hydrogen-bond acceptors (Lipinski definition) is 2. The molecule has 0 radical (unpaired) electrons. The van der Waals surface area contributed by atoms with Crippen LogP contribution in [0.25, 0.3) is 0 Å². The van der Waals surface area contributed by atoms with Gasteiger partial charge in [-0.3, -0.25) is 0 Å². The van der Waals surface area contributed by atoms with Crippen molar-refractivity contribution < 1.29 is 0 Å². The summed E-state index contributed by atoms with van der Waals surface area (Å²) in [7, 11) is 0. The molecule has 0 aromatic rings. The highest BCUT2D eigenvalue weighted by molar-refractivity contribution is 5.12. The highest BCUT2D eigenvalue weighted by Gasteiger charge is 2.35. The van der Waals surface area contributed by atoms with Gasteiger partial charge in [0.1, 0.15) is 0 Å². The molecule has 0 amide bonds. The first kappa shape index (κ1) is 13.5. The summed E-state index contributed by atoms with van der Waals surface area (Å²) in [5.74, 6) is 1.27. The normalized spacial score (nSPS) is 31.2. The molecular weight excluding hydrogens is 222 g/mol. The van der Waals surface area contributed by atoms with Gasteiger partial charge < -0.3 is 0 Å². The molecule has 2 rings (SSSR count). The zero-order chi connectivity index (χ0) is 13.0. The summed E-state index contributed by atoms with van der Waals surface area (Å²) in [5.41, 5.74) is 3.02. The fraction of sp³-hybridized carbons (Fsp3) is 0.750. The lowest BCUT2D eigenvalue weighted by molar-refractivity contribution is 0.194. The third kappa shape index (κ3) is 3.30. The predicted molar refractivity (Wildman–Crippen MR) is 76.4 cm³/mol. The number of hydrogen-bond donors (Lipinski definition) is 0. The summed E-state index contributed by atoms with van der Waals surface area (Å²) in [6.07, 6.45) is 12.9. The van der Waals surface area contributed by atoms with Gasteiger partial charge in [-0.15, -0.1) is 0 Å². The van der Waals surface area contributed by atoms with Gasteiger partial charge >= 0.3 is 0 Å². The van der Waals surface area contributed by atoms with E-state index < -0.39 is 0 Å². The van der Waals surface area contributed by atoms with E-state index in [1.54, 1.807) is 5.57 Å². The molecule has 0 aliphatic heterocycles. The van der Waals surface area contributed by atoms with Crippen molar-refractivity contribution in [2.75, 3.05) is 0 Å². The van der Waals surface area contributed by atoms with E-state index in [4.69, 9.17) is 0 Å². The molecule has 2 aliphatic carbocycles. The van der Waals surface area contributed by atoms with Gasteiger partial charge in [0.25, 0.3) is 0 Å². The van der Waals surface area contributed by atoms with Crippen molar-refractivity contribution in [2.24, 2.45) is 17.0 Å². The molecule has 0 heterocycles. The molecule has 0 saturated heterocycles. The van der Waals surface area contributed by atoms with E-state index in [0.29, 0.717) is 5.92 Å². The lowest BCUT2D eigenvalue weighted by Crippen LogP contribution is -2.33. The Morgan fingerprint density at radius 3 is 3.00 bits per heavy atom. The summed E-state index contributed by atoms with van der Waals surface area (Å²) in [6, 6.07) is 0.0966. The zero-order valence-corrected chi connectivity index (χ0v) is 11.7. The molecule has 2 aliphatic rings. The standard InChI is InChI=1S/C16H25NO/c1-12(2)5-3-6-13-9-10-15-14(11-13)7-4-8-16(15)17-18/h5,9,14-16H,3-4,6-8,10-11H2,1-2H3/t14-,15+,16?/m0/s1. The van der Waals surface area contributed by atoms with Crippen LogP contribution in [0.5, 0.6) is 0 Å². The van der Waals surface area contributed by atoms with Crippen LogP contribution in [0.3, 0.4) is 0 Å². The molecule has 1 fully saturated rings. The topological polar surface area (TPSA) is 29.4 Å². The maximum Gasteiger partial charge on any atom is 0.0953 e. The summed E-state index contributed by atoms with van der Waals surface area (Å²) in [6.45, 7) is 4.32. The smallest absolute Gasteiger partial charge is 0.0953 e. The fourth-order valence-electron chi connectivity index (χ4n) is 3.54. The maximum absolute atomic E-state index is 10.9. The second-order valence-corrected chi connectivity index (χ2v) is 6.15. The molecular formula is C16H25NO. The molecule has 1 unspecified atom stereocenters. The van der Waals surface area contributed by atoms with Crippen LogP contribution >= 0.6 is 0 Å². The summed E-state index contributed by atoms with van der Waals surface area (Å²) >= 11 is 0. The Balaban J connectivity index is 1.91. The average Bonchev–Trinajstić information content (AvgIpc) is 2.37. The third-order valence-corrected chi connectivity index (χ3v) is 4.53. The number of allylic oxidation sites excluding steroid dienone is 4. The molecule has 0 bridgehead atoms. The van der Waals surface area contributed by atoms with Gasteiger partial charge in [-0.05, 0) is 64.2 Å². The number of rotatable bonds is 4. The second kappa shape index (κ2) is 6.31. The highest BCUT2D eigenvalue weighted by Crippen LogP contribution is 2.42. The molecule has 2 heteroatoms. The van der Waals surface area contributed by atoms with Crippen molar-refractivity contribution in [1.82, 2.24) is 0 Å². The van der Waals surface area contributed by atoms with Crippen molar-refractivity contribution in [2.45, 2.75) is 64.8 Å². The Morgan fingerprint density at radius 2 is 2.28 bits per heavy atom. The van der Waals surface area contributed by atoms with Crippen LogP contribution < -0.4 is 0 Å². The van der Waals surface area contributed by atoms with Crippen molar-refractivity contribution in [3.63, 3.8) is 0 Å². The molecule has 18 heavy (non-hydrogen) atoms. The monoisotopic (exact) mass is 247 g/mol. The van der Waals surface area contributed by atoms with E-state index >= 15 is 0 Å². The Hall–Kier alpha value is -0.920. The Morgan fingerprint density at radius 1 is 1.44 bits per heavy atom. The van der Waals surface area contributed by atoms with E-state index in [1.165, 1.54) is 37.7 Å². The van der Waals surface area contributed by atoms with Gasteiger partial charge in [-0.2, -0.15) is 4.91 Å². The fourth-order valence-corrected chi connectivity index (χ4v) is 3.54. The summed E-state index contributed by atoms with van der Waals surface area (Å²) in [5, 5.41) is 3.35. The van der Waals surface area contributed by atoms with Crippen LogP contribution in [-0.4, -0.2) is 6.04 Å². The minimum Gasteiger partial charge on any atom is -0.151 e. The Bertz CT molecular complexity index is 352. The largest absolute Gasteiger partial charge is 0.151 e. The van der Waals surface area contributed by atoms with Crippen molar-refractivity contribution in [3.8, 4) is 0 Å². The molecule has 0 aromatic carbocycles. The number of nitroso groups, excluding NO2 is 1. The minimum atomic E-state index is 0.0966. The molecule has 100 valence electrons. The first-order valence-corrected chi connectivity index (χ1v) is 7.34. The van der Waals surface area contributed by atoms with E-state index in [9.17, 15) is 4.91 Å². The Labute approximate surface area is 111 Å². The Kier molecular flexibility index (Phi) is 4.73. The SMILES string of the molecule is CC(C)=CCCC1=CC[C@H]2C(N=O)CCC[C@H]2C1. The quantitative estimate of drug-likeness (QED) is 0.507. The second-order valence-electron chi connectivity index (χ2n) is 6.15. The average molecular weight is 247 g/mol. The van der Waals surface area contributed by atoms with Gasteiger partial charge in [0.15, 0.2) is 0 Å². The van der Waals surface area contributed by atoms with E-state index in [2.05, 4.69) is 31.2 Å². The van der Waals surface area contributed by atoms with Crippen LogP contribution in [0, 0.1) is 16.7 Å². The zero-order valence-electron chi connectivity index (χ0n) is 11.7. The molecule has 3 atom stereocenters. The summed E-state index contributed by atoms with van der Waals surface area (Å²) < 4.78 is 0. The number of nitrogens with zero attached hydrogens (tertiary/aromatic N) is 1. The first-order chi connectivity index (χ1) is 8.70. The molecule has 1 saturated carbocycles. The van der Waals surface area contributed by atoms with Crippen LogP contribution in [0.4, 0.5) is 0 Å². The van der Waals surface area contributed by atoms with Crippen molar-refractivity contribution in [1.29, 1.82) is 0 Å². The molecule has 0 spiro atoms. The van der Waals surface area contributed by atoms with Gasteiger partial charge in [-0.1, -0.05) is 34.9 Å². The minimum absolute atomic E-state index is 0.0966. The number of fused-ring (bicyclic) bond motifs is 1. The van der Waals surface area contributed by atoms with E-state index in [-0.39, 0.29) is 6.04 Å². The van der Waals surface area contributed by atoms with Crippen LogP contribution in [0.1, 0.15) is 58.8 Å². The molecule has 2 nitrogen and oxygen atoms in total. The van der Waals surface area contributed by atoms with Crippen molar-refractivity contribution in [3.05, 3.63) is 28.2 Å². The van der Waals surface area contributed by atoms with Crippen molar-refractivity contribution >= 4 is 0 Å². The molecule has 0 aromatic heterocycles. The van der Waals surface area contributed by atoms with Gasteiger partial charge in [-0.25, -0.2) is 0 Å². The van der Waals surface area contributed by atoms with Gasteiger partial charge in [0.2, 0.25) is 0 Å². The lowest BCUT2D eigenvalue weighted by atomic mass is 9.68. The summed E-state index contributed by atoms with van der Waals surface area (Å²) in [4.78, 5) is 10.9. The predicted octanol–water partition coefficient (Wildman–Crippen LogP) is 5.00. The van der Waals surface area contributed by atoms with Crippen LogP contribution in [-0.2, 0) is 0 Å². The van der Waals surface area contributed by atoms with E-state index in [1.807, 2.05) is 0 Å². The first-order valence-electron chi connectivity index (χ1n) is 7.34. The third-order valence-electron chi connectivity index (χ3n) is 4.53. The van der Waals surface area contributed by atoms with Crippen LogP contribution in [0.15, 0.2) is 28.5 Å². The van der Waals surface area contributed by atoms with E-state index in [0.717, 1.165) is 18.8 Å². The highest BCUT2D eigenvalue weighted by atomic mass is 16.3. The van der Waals surface area contributed by atoms with Gasteiger partial charge in [0, 0.05) is 0 Å².